The van der Waals surface area contributed by atoms with Crippen molar-refractivity contribution in [2.75, 3.05) is 35.8 Å². The van der Waals surface area contributed by atoms with Gasteiger partial charge in [-0.15, -0.1) is 0 Å². The second-order valence-corrected chi connectivity index (χ2v) is 6.29. The molecular weight excluding hydrogens is 362 g/mol. The van der Waals surface area contributed by atoms with Crippen LogP contribution < -0.4 is 21.5 Å². The SMILES string of the molecule is CCOC(=O)C1CCN(c2ncnc(NNC(=O)c3cccnc3)c2N)CC1. The van der Waals surface area contributed by atoms with E-state index in [1.165, 1.54) is 12.5 Å². The van der Waals surface area contributed by atoms with Gasteiger partial charge in [-0.05, 0) is 31.9 Å². The fraction of sp³-hybridized carbons (Fsp3) is 0.389. The first kappa shape index (κ1) is 19.3. The number of amides is 1. The van der Waals surface area contributed by atoms with E-state index in [9.17, 15) is 9.59 Å². The molecule has 2 aromatic heterocycles. The molecule has 1 saturated heterocycles. The minimum absolute atomic E-state index is 0.101. The van der Waals surface area contributed by atoms with Crippen molar-refractivity contribution < 1.29 is 14.3 Å². The van der Waals surface area contributed by atoms with Crippen molar-refractivity contribution in [1.82, 2.24) is 20.4 Å². The summed E-state index contributed by atoms with van der Waals surface area (Å²) in [6, 6.07) is 3.32. The van der Waals surface area contributed by atoms with Gasteiger partial charge in [0.15, 0.2) is 11.6 Å². The molecule has 4 N–H and O–H groups in total. The van der Waals surface area contributed by atoms with E-state index in [1.54, 1.807) is 25.3 Å². The van der Waals surface area contributed by atoms with Crippen LogP contribution in [-0.4, -0.2) is 46.5 Å². The van der Waals surface area contributed by atoms with E-state index < -0.39 is 0 Å². The molecule has 1 aliphatic heterocycles. The van der Waals surface area contributed by atoms with Gasteiger partial charge in [-0.25, -0.2) is 9.97 Å². The van der Waals surface area contributed by atoms with Crippen LogP contribution in [0.4, 0.5) is 17.3 Å². The predicted molar refractivity (Wildman–Crippen MR) is 103 cm³/mol. The van der Waals surface area contributed by atoms with Gasteiger partial charge in [-0.3, -0.25) is 25.4 Å². The minimum Gasteiger partial charge on any atom is -0.466 e. The normalized spacial score (nSPS) is 14.4. The summed E-state index contributed by atoms with van der Waals surface area (Å²) in [7, 11) is 0. The molecule has 0 spiro atoms. The van der Waals surface area contributed by atoms with E-state index in [4.69, 9.17) is 10.5 Å². The van der Waals surface area contributed by atoms with Crippen LogP contribution in [-0.2, 0) is 9.53 Å². The zero-order valence-corrected chi connectivity index (χ0v) is 15.6. The minimum atomic E-state index is -0.358. The molecule has 0 atom stereocenters. The molecule has 1 fully saturated rings. The van der Waals surface area contributed by atoms with Crippen molar-refractivity contribution in [3.8, 4) is 0 Å². The first-order chi connectivity index (χ1) is 13.6. The molecule has 10 nitrogen and oxygen atoms in total. The lowest BCUT2D eigenvalue weighted by atomic mass is 9.97. The highest BCUT2D eigenvalue weighted by Gasteiger charge is 2.28. The number of nitrogens with two attached hydrogens (primary N) is 1. The van der Waals surface area contributed by atoms with Gasteiger partial charge in [0.1, 0.15) is 12.0 Å². The average molecular weight is 385 g/mol. The zero-order chi connectivity index (χ0) is 19.9. The largest absolute Gasteiger partial charge is 0.466 e. The maximum atomic E-state index is 12.1. The van der Waals surface area contributed by atoms with Crippen LogP contribution in [0.2, 0.25) is 0 Å². The van der Waals surface area contributed by atoms with Gasteiger partial charge in [-0.1, -0.05) is 0 Å². The van der Waals surface area contributed by atoms with Crippen LogP contribution in [0.5, 0.6) is 0 Å². The standard InChI is InChI=1S/C18H23N7O3/c1-2-28-18(27)12-5-8-25(9-6-12)16-14(19)15(21-11-22-16)23-24-17(26)13-4-3-7-20-10-13/h3-4,7,10-12H,2,5-6,8-9,19H2,1H3,(H,24,26)(H,21,22,23). The van der Waals surface area contributed by atoms with E-state index in [0.717, 1.165) is 0 Å². The number of anilines is 3. The Kier molecular flexibility index (Phi) is 6.20. The van der Waals surface area contributed by atoms with Gasteiger partial charge in [0.05, 0.1) is 18.1 Å². The molecule has 0 unspecified atom stereocenters. The smallest absolute Gasteiger partial charge is 0.309 e. The summed E-state index contributed by atoms with van der Waals surface area (Å²) in [5, 5.41) is 0. The molecule has 0 radical (unpaired) electrons. The van der Waals surface area contributed by atoms with Crippen LogP contribution >= 0.6 is 0 Å². The van der Waals surface area contributed by atoms with E-state index in [1.807, 2.05) is 4.90 Å². The number of piperidine rings is 1. The van der Waals surface area contributed by atoms with Crippen molar-refractivity contribution in [2.45, 2.75) is 19.8 Å². The second kappa shape index (κ2) is 8.98. The quantitative estimate of drug-likeness (QED) is 0.491. The number of nitrogens with one attached hydrogen (secondary N) is 2. The zero-order valence-electron chi connectivity index (χ0n) is 15.6. The molecule has 3 rings (SSSR count). The van der Waals surface area contributed by atoms with Crippen LogP contribution in [0.1, 0.15) is 30.1 Å². The Hall–Kier alpha value is -3.43. The van der Waals surface area contributed by atoms with E-state index in [0.29, 0.717) is 55.4 Å². The predicted octanol–water partition coefficient (Wildman–Crippen LogP) is 0.990. The Balaban J connectivity index is 1.62. The molecule has 2 aromatic rings. The molecule has 1 aliphatic rings. The summed E-state index contributed by atoms with van der Waals surface area (Å²) < 4.78 is 5.09. The molecule has 0 aliphatic carbocycles. The maximum absolute atomic E-state index is 12.1. The topological polar surface area (TPSA) is 135 Å². The molecule has 0 aromatic carbocycles. The monoisotopic (exact) mass is 385 g/mol. The number of aromatic nitrogens is 3. The molecule has 0 saturated carbocycles. The Morgan fingerprint density at radius 1 is 1.32 bits per heavy atom. The summed E-state index contributed by atoms with van der Waals surface area (Å²) >= 11 is 0. The molecule has 28 heavy (non-hydrogen) atoms. The number of hydrogen-bond acceptors (Lipinski definition) is 9. The highest BCUT2D eigenvalue weighted by atomic mass is 16.5. The number of nitrogen functional groups attached to an aromatic ring is 1. The Bertz CT molecular complexity index is 823. The van der Waals surface area contributed by atoms with Crippen LogP contribution in [0.3, 0.4) is 0 Å². The average Bonchev–Trinajstić information content (AvgIpc) is 2.74. The number of hydrogen-bond donors (Lipinski definition) is 3. The first-order valence-corrected chi connectivity index (χ1v) is 9.08. The Labute approximate surface area is 162 Å². The van der Waals surface area contributed by atoms with E-state index in [2.05, 4.69) is 25.8 Å². The third kappa shape index (κ3) is 4.45. The van der Waals surface area contributed by atoms with Crippen molar-refractivity contribution in [2.24, 2.45) is 5.92 Å². The van der Waals surface area contributed by atoms with Crippen molar-refractivity contribution >= 4 is 29.2 Å². The van der Waals surface area contributed by atoms with Gasteiger partial charge in [0, 0.05) is 25.5 Å². The molecular formula is C18H23N7O3. The molecule has 1 amide bonds. The summed E-state index contributed by atoms with van der Waals surface area (Å²) in [6.45, 7) is 3.45. The number of ether oxygens (including phenoxy) is 1. The molecule has 10 heteroatoms. The number of hydrazine groups is 1. The van der Waals surface area contributed by atoms with E-state index >= 15 is 0 Å². The summed E-state index contributed by atoms with van der Waals surface area (Å²) in [4.78, 5) is 38.3. The third-order valence-electron chi connectivity index (χ3n) is 4.50. The van der Waals surface area contributed by atoms with Crippen molar-refractivity contribution in [3.05, 3.63) is 36.4 Å². The lowest BCUT2D eigenvalue weighted by Gasteiger charge is -2.32. The van der Waals surface area contributed by atoms with Crippen LogP contribution in [0.25, 0.3) is 0 Å². The van der Waals surface area contributed by atoms with Gasteiger partial charge in [0.2, 0.25) is 0 Å². The Morgan fingerprint density at radius 3 is 2.79 bits per heavy atom. The summed E-state index contributed by atoms with van der Waals surface area (Å²) in [5.74, 6) is 0.252. The number of carbonyl (C=O) groups excluding carboxylic acids is 2. The lowest BCUT2D eigenvalue weighted by molar-refractivity contribution is -0.148. The summed E-state index contributed by atoms with van der Waals surface area (Å²) in [6.07, 6.45) is 5.76. The van der Waals surface area contributed by atoms with Crippen LogP contribution in [0, 0.1) is 5.92 Å². The summed E-state index contributed by atoms with van der Waals surface area (Å²) in [5.41, 5.74) is 12.2. The van der Waals surface area contributed by atoms with Crippen molar-refractivity contribution in [1.29, 1.82) is 0 Å². The van der Waals surface area contributed by atoms with E-state index in [-0.39, 0.29) is 17.8 Å². The number of rotatable bonds is 6. The first-order valence-electron chi connectivity index (χ1n) is 9.08. The number of esters is 1. The fourth-order valence-electron chi connectivity index (χ4n) is 3.01. The lowest BCUT2D eigenvalue weighted by Crippen LogP contribution is -2.38. The third-order valence-corrected chi connectivity index (χ3v) is 4.50. The number of nitrogens with zero attached hydrogens (tertiary/aromatic N) is 4. The molecule has 3 heterocycles. The highest BCUT2D eigenvalue weighted by Crippen LogP contribution is 2.29. The van der Waals surface area contributed by atoms with Crippen LogP contribution in [0.15, 0.2) is 30.9 Å². The van der Waals surface area contributed by atoms with Gasteiger partial charge in [0.25, 0.3) is 5.91 Å². The number of carbonyl (C=O) groups is 2. The van der Waals surface area contributed by atoms with Gasteiger partial charge < -0.3 is 15.4 Å². The molecule has 0 bridgehead atoms. The fourth-order valence-corrected chi connectivity index (χ4v) is 3.01. The molecule has 148 valence electrons. The maximum Gasteiger partial charge on any atom is 0.309 e. The Morgan fingerprint density at radius 2 is 2.11 bits per heavy atom. The van der Waals surface area contributed by atoms with Crippen molar-refractivity contribution in [3.63, 3.8) is 0 Å². The second-order valence-electron chi connectivity index (χ2n) is 6.29. The van der Waals surface area contributed by atoms with Gasteiger partial charge >= 0.3 is 5.97 Å². The highest BCUT2D eigenvalue weighted by molar-refractivity contribution is 5.94. The number of pyridine rings is 1. The van der Waals surface area contributed by atoms with Gasteiger partial charge in [-0.2, -0.15) is 0 Å².